The van der Waals surface area contributed by atoms with Crippen molar-refractivity contribution < 1.29 is 9.53 Å². The van der Waals surface area contributed by atoms with E-state index in [4.69, 9.17) is 40.0 Å². The highest BCUT2D eigenvalue weighted by molar-refractivity contribution is 7.80. The van der Waals surface area contributed by atoms with E-state index < -0.39 is 12.0 Å². The molecule has 0 bridgehead atoms. The van der Waals surface area contributed by atoms with Gasteiger partial charge in [0.1, 0.15) is 10.7 Å². The molecule has 92 valence electrons. The highest BCUT2D eigenvalue weighted by Gasteiger charge is 2.18. The summed E-state index contributed by atoms with van der Waals surface area (Å²) < 4.78 is 5.47. The van der Waals surface area contributed by atoms with E-state index in [1.165, 1.54) is 0 Å². The van der Waals surface area contributed by atoms with Crippen molar-refractivity contribution in [3.05, 3.63) is 28.8 Å². The Morgan fingerprint density at radius 2 is 2.18 bits per heavy atom. The Balaban J connectivity index is 3.10. The van der Waals surface area contributed by atoms with Crippen molar-refractivity contribution in [1.29, 1.82) is 0 Å². The number of primary amides is 1. The molecule has 1 unspecified atom stereocenters. The molecule has 0 fully saturated rings. The van der Waals surface area contributed by atoms with Crippen molar-refractivity contribution in [3.63, 3.8) is 0 Å². The molecule has 1 rings (SSSR count). The lowest BCUT2D eigenvalue weighted by atomic mass is 10.2. The minimum Gasteiger partial charge on any atom is -0.480 e. The molecule has 0 aliphatic carbocycles. The molecule has 0 aromatic heterocycles. The maximum absolute atomic E-state index is 11.1. The number of carbonyl (C=O) groups excluding carboxylic acids is 1. The van der Waals surface area contributed by atoms with E-state index in [9.17, 15) is 4.79 Å². The van der Waals surface area contributed by atoms with Crippen LogP contribution in [0.3, 0.4) is 0 Å². The van der Waals surface area contributed by atoms with Crippen molar-refractivity contribution in [2.24, 2.45) is 11.5 Å². The van der Waals surface area contributed by atoms with Crippen molar-refractivity contribution in [2.45, 2.75) is 19.4 Å². The quantitative estimate of drug-likeness (QED) is 0.799. The number of hydrogen-bond acceptors (Lipinski definition) is 3. The maximum Gasteiger partial charge on any atom is 0.258 e. The Hall–Kier alpha value is -1.33. The first-order valence-corrected chi connectivity index (χ1v) is 5.80. The van der Waals surface area contributed by atoms with Gasteiger partial charge in [-0.15, -0.1) is 0 Å². The van der Waals surface area contributed by atoms with Gasteiger partial charge in [0.15, 0.2) is 6.10 Å². The summed E-state index contributed by atoms with van der Waals surface area (Å²) >= 11 is 10.9. The molecule has 0 heterocycles. The van der Waals surface area contributed by atoms with Gasteiger partial charge in [-0.3, -0.25) is 4.79 Å². The highest BCUT2D eigenvalue weighted by Crippen LogP contribution is 2.27. The van der Waals surface area contributed by atoms with Crippen LogP contribution in [0.15, 0.2) is 18.2 Å². The average molecular weight is 273 g/mol. The zero-order valence-corrected chi connectivity index (χ0v) is 10.8. The Labute approximate surface area is 110 Å². The summed E-state index contributed by atoms with van der Waals surface area (Å²) in [5.74, 6) is -0.169. The van der Waals surface area contributed by atoms with Crippen LogP contribution in [0.2, 0.25) is 5.02 Å². The molecule has 4 N–H and O–H groups in total. The fourth-order valence-electron chi connectivity index (χ4n) is 1.34. The zero-order chi connectivity index (χ0) is 13.0. The van der Waals surface area contributed by atoms with Gasteiger partial charge in [-0.25, -0.2) is 0 Å². The van der Waals surface area contributed by atoms with Crippen LogP contribution < -0.4 is 16.2 Å². The van der Waals surface area contributed by atoms with Crippen molar-refractivity contribution in [3.8, 4) is 5.75 Å². The molecule has 1 atom stereocenters. The molecular formula is C11H13ClN2O2S. The number of carbonyl (C=O) groups is 1. The van der Waals surface area contributed by atoms with Crippen LogP contribution in [0.5, 0.6) is 5.75 Å². The number of rotatable bonds is 5. The molecule has 17 heavy (non-hydrogen) atoms. The summed E-state index contributed by atoms with van der Waals surface area (Å²) in [6, 6.07) is 4.98. The van der Waals surface area contributed by atoms with E-state index in [0.717, 1.165) is 0 Å². The second-order valence-electron chi connectivity index (χ2n) is 3.39. The summed E-state index contributed by atoms with van der Waals surface area (Å²) in [6.07, 6.45) is -0.264. The first-order valence-electron chi connectivity index (χ1n) is 5.01. The van der Waals surface area contributed by atoms with Crippen LogP contribution in [0, 0.1) is 0 Å². The van der Waals surface area contributed by atoms with Crippen LogP contribution in [-0.2, 0) is 4.79 Å². The predicted octanol–water partition coefficient (Wildman–Crippen LogP) is 1.62. The third-order valence-corrected chi connectivity index (χ3v) is 2.70. The van der Waals surface area contributed by atoms with Crippen LogP contribution in [0.4, 0.5) is 0 Å². The normalized spacial score (nSPS) is 11.9. The molecule has 0 radical (unpaired) electrons. The van der Waals surface area contributed by atoms with Gasteiger partial charge >= 0.3 is 0 Å². The van der Waals surface area contributed by atoms with E-state index in [2.05, 4.69) is 0 Å². The van der Waals surface area contributed by atoms with E-state index in [1.807, 2.05) is 0 Å². The molecule has 0 saturated carbocycles. The zero-order valence-electron chi connectivity index (χ0n) is 9.27. The number of hydrogen-bond donors (Lipinski definition) is 2. The van der Waals surface area contributed by atoms with Crippen molar-refractivity contribution >= 4 is 34.7 Å². The third-order valence-electron chi connectivity index (χ3n) is 2.18. The minimum absolute atomic E-state index is 0.116. The standard InChI is InChI=1S/C11H13ClN2O2S/c1-2-7(10(13)15)16-8-5-3-4-6(12)9(8)11(14)17/h3-5,7H,2H2,1H3,(H2,13,15)(H2,14,17). The molecule has 1 aromatic carbocycles. The largest absolute Gasteiger partial charge is 0.480 e. The molecule has 4 nitrogen and oxygen atoms in total. The summed E-state index contributed by atoms with van der Waals surface area (Å²) in [5, 5.41) is 0.384. The molecular weight excluding hydrogens is 260 g/mol. The van der Waals surface area contributed by atoms with Crippen LogP contribution in [-0.4, -0.2) is 17.0 Å². The minimum atomic E-state index is -0.721. The molecule has 0 spiro atoms. The summed E-state index contributed by atoms with van der Waals surface area (Å²) in [7, 11) is 0. The second kappa shape index (κ2) is 5.84. The Morgan fingerprint density at radius 1 is 1.53 bits per heavy atom. The van der Waals surface area contributed by atoms with Crippen LogP contribution in [0.25, 0.3) is 0 Å². The number of ether oxygens (including phenoxy) is 1. The molecule has 6 heteroatoms. The topological polar surface area (TPSA) is 78.3 Å². The van der Waals surface area contributed by atoms with Gasteiger partial charge in [0.25, 0.3) is 5.91 Å². The van der Waals surface area contributed by atoms with Crippen molar-refractivity contribution in [2.75, 3.05) is 0 Å². The third kappa shape index (κ3) is 3.31. The molecule has 0 aliphatic rings. The smallest absolute Gasteiger partial charge is 0.258 e. The number of halogens is 1. The van der Waals surface area contributed by atoms with Crippen molar-refractivity contribution in [1.82, 2.24) is 0 Å². The maximum atomic E-state index is 11.1. The molecule has 0 aliphatic heterocycles. The van der Waals surface area contributed by atoms with E-state index in [-0.39, 0.29) is 4.99 Å². The van der Waals surface area contributed by atoms with Gasteiger partial charge < -0.3 is 16.2 Å². The average Bonchev–Trinajstić information content (AvgIpc) is 2.24. The first kappa shape index (κ1) is 13.7. The van der Waals surface area contributed by atoms with Gasteiger partial charge in [-0.1, -0.05) is 36.8 Å². The van der Waals surface area contributed by atoms with Gasteiger partial charge in [0, 0.05) is 0 Å². The summed E-state index contributed by atoms with van der Waals surface area (Å²) in [4.78, 5) is 11.2. The monoisotopic (exact) mass is 272 g/mol. The number of thiocarbonyl (C=S) groups is 1. The lowest BCUT2D eigenvalue weighted by Gasteiger charge is -2.17. The number of nitrogens with two attached hydrogens (primary N) is 2. The Bertz CT molecular complexity index is 451. The van der Waals surface area contributed by atoms with Gasteiger partial charge in [-0.2, -0.15) is 0 Å². The Morgan fingerprint density at radius 3 is 2.65 bits per heavy atom. The highest BCUT2D eigenvalue weighted by atomic mass is 35.5. The van der Waals surface area contributed by atoms with E-state index in [0.29, 0.717) is 22.8 Å². The Kier molecular flexibility index (Phi) is 4.72. The summed E-state index contributed by atoms with van der Waals surface area (Å²) in [6.45, 7) is 1.79. The number of amides is 1. The summed E-state index contributed by atoms with van der Waals surface area (Å²) in [5.41, 5.74) is 11.2. The molecule has 0 saturated heterocycles. The lowest BCUT2D eigenvalue weighted by Crippen LogP contribution is -2.33. The second-order valence-corrected chi connectivity index (χ2v) is 4.24. The van der Waals surface area contributed by atoms with Gasteiger partial charge in [0.05, 0.1) is 10.6 Å². The first-order chi connectivity index (χ1) is 7.97. The SMILES string of the molecule is CCC(Oc1cccc(Cl)c1C(N)=S)C(N)=O. The van der Waals surface area contributed by atoms with Crippen LogP contribution >= 0.6 is 23.8 Å². The lowest BCUT2D eigenvalue weighted by molar-refractivity contribution is -0.124. The van der Waals surface area contributed by atoms with Gasteiger partial charge in [-0.05, 0) is 18.6 Å². The fraction of sp³-hybridized carbons (Fsp3) is 0.273. The molecule has 1 aromatic rings. The number of benzene rings is 1. The van der Waals surface area contributed by atoms with Gasteiger partial charge in [0.2, 0.25) is 0 Å². The van der Waals surface area contributed by atoms with E-state index >= 15 is 0 Å². The molecule has 1 amide bonds. The fourth-order valence-corrected chi connectivity index (χ4v) is 1.87. The van der Waals surface area contributed by atoms with E-state index in [1.54, 1.807) is 25.1 Å². The predicted molar refractivity (Wildman–Crippen MR) is 71.2 cm³/mol. The van der Waals surface area contributed by atoms with Crippen LogP contribution in [0.1, 0.15) is 18.9 Å².